The number of hydrogen-bond acceptors (Lipinski definition) is 2. The highest BCUT2D eigenvalue weighted by Gasteiger charge is 2.21. The molecule has 13 heavy (non-hydrogen) atoms. The van der Waals surface area contributed by atoms with Crippen LogP contribution in [0.3, 0.4) is 0 Å². The molecule has 1 aliphatic rings. The zero-order chi connectivity index (χ0) is 9.68. The van der Waals surface area contributed by atoms with Gasteiger partial charge in [-0.05, 0) is 46.2 Å². The zero-order valence-corrected chi connectivity index (χ0v) is 9.34. The lowest BCUT2D eigenvalue weighted by Gasteiger charge is -2.25. The van der Waals surface area contributed by atoms with Crippen molar-refractivity contribution in [1.29, 1.82) is 0 Å². The molecule has 78 valence electrons. The maximum Gasteiger partial charge on any atom is 0.0166 e. The molecule has 2 unspecified atom stereocenters. The van der Waals surface area contributed by atoms with Gasteiger partial charge in [0.2, 0.25) is 0 Å². The minimum atomic E-state index is 0.653. The van der Waals surface area contributed by atoms with E-state index >= 15 is 0 Å². The average Bonchev–Trinajstić information content (AvgIpc) is 2.48. The minimum Gasteiger partial charge on any atom is -0.313 e. The summed E-state index contributed by atoms with van der Waals surface area (Å²) in [5.74, 6) is 0. The SMILES string of the molecule is CCCNC(C)CN1CCCC1C. The predicted molar refractivity (Wildman–Crippen MR) is 58.0 cm³/mol. The van der Waals surface area contributed by atoms with Crippen LogP contribution in [0, 0.1) is 0 Å². The van der Waals surface area contributed by atoms with E-state index in [1.807, 2.05) is 0 Å². The summed E-state index contributed by atoms with van der Waals surface area (Å²) in [6.45, 7) is 10.5. The fraction of sp³-hybridized carbons (Fsp3) is 1.00. The van der Waals surface area contributed by atoms with Crippen molar-refractivity contribution in [3.63, 3.8) is 0 Å². The normalized spacial score (nSPS) is 26.5. The molecule has 1 heterocycles. The molecular formula is C11H24N2. The molecule has 0 aromatic rings. The summed E-state index contributed by atoms with van der Waals surface area (Å²) in [7, 11) is 0. The molecule has 1 saturated heterocycles. The van der Waals surface area contributed by atoms with Gasteiger partial charge < -0.3 is 5.32 Å². The second kappa shape index (κ2) is 5.61. The molecule has 1 rings (SSSR count). The molecule has 1 aliphatic heterocycles. The van der Waals surface area contributed by atoms with Crippen LogP contribution in [0.2, 0.25) is 0 Å². The fourth-order valence-electron chi connectivity index (χ4n) is 2.07. The maximum atomic E-state index is 3.54. The lowest BCUT2D eigenvalue weighted by atomic mass is 10.2. The van der Waals surface area contributed by atoms with Crippen LogP contribution in [0.1, 0.15) is 40.0 Å². The van der Waals surface area contributed by atoms with Crippen LogP contribution in [-0.4, -0.2) is 36.6 Å². The Balaban J connectivity index is 2.15. The van der Waals surface area contributed by atoms with Crippen LogP contribution in [0.5, 0.6) is 0 Å². The molecule has 2 atom stereocenters. The molecule has 2 nitrogen and oxygen atoms in total. The number of rotatable bonds is 5. The third kappa shape index (κ3) is 3.65. The van der Waals surface area contributed by atoms with Crippen LogP contribution in [0.4, 0.5) is 0 Å². The van der Waals surface area contributed by atoms with E-state index in [9.17, 15) is 0 Å². The Hall–Kier alpha value is -0.0800. The summed E-state index contributed by atoms with van der Waals surface area (Å²) in [5, 5.41) is 3.54. The van der Waals surface area contributed by atoms with Crippen LogP contribution in [0.25, 0.3) is 0 Å². The van der Waals surface area contributed by atoms with E-state index in [4.69, 9.17) is 0 Å². The van der Waals surface area contributed by atoms with Gasteiger partial charge in [0.05, 0.1) is 0 Å². The van der Waals surface area contributed by atoms with Gasteiger partial charge in [-0.15, -0.1) is 0 Å². The molecule has 0 spiro atoms. The monoisotopic (exact) mass is 184 g/mol. The van der Waals surface area contributed by atoms with Crippen molar-refractivity contribution in [2.24, 2.45) is 0 Å². The second-order valence-corrected chi connectivity index (χ2v) is 4.34. The van der Waals surface area contributed by atoms with Crippen LogP contribution in [-0.2, 0) is 0 Å². The Kier molecular flexibility index (Phi) is 4.74. The van der Waals surface area contributed by atoms with Crippen molar-refractivity contribution in [2.75, 3.05) is 19.6 Å². The molecule has 0 saturated carbocycles. The van der Waals surface area contributed by atoms with Crippen molar-refractivity contribution in [2.45, 2.75) is 52.1 Å². The first-order chi connectivity index (χ1) is 6.24. The van der Waals surface area contributed by atoms with Crippen LogP contribution < -0.4 is 5.32 Å². The molecular weight excluding hydrogens is 160 g/mol. The van der Waals surface area contributed by atoms with Gasteiger partial charge >= 0.3 is 0 Å². The van der Waals surface area contributed by atoms with Gasteiger partial charge in [0.15, 0.2) is 0 Å². The van der Waals surface area contributed by atoms with Crippen molar-refractivity contribution >= 4 is 0 Å². The quantitative estimate of drug-likeness (QED) is 0.701. The van der Waals surface area contributed by atoms with Crippen LogP contribution in [0.15, 0.2) is 0 Å². The zero-order valence-electron chi connectivity index (χ0n) is 9.34. The lowest BCUT2D eigenvalue weighted by molar-refractivity contribution is 0.242. The number of nitrogens with zero attached hydrogens (tertiary/aromatic N) is 1. The van der Waals surface area contributed by atoms with Crippen molar-refractivity contribution < 1.29 is 0 Å². The summed E-state index contributed by atoms with van der Waals surface area (Å²) >= 11 is 0. The largest absolute Gasteiger partial charge is 0.313 e. The van der Waals surface area contributed by atoms with Gasteiger partial charge in [0.25, 0.3) is 0 Å². The Labute approximate surface area is 82.7 Å². The van der Waals surface area contributed by atoms with Gasteiger partial charge in [-0.2, -0.15) is 0 Å². The Morgan fingerprint density at radius 2 is 2.31 bits per heavy atom. The minimum absolute atomic E-state index is 0.653. The summed E-state index contributed by atoms with van der Waals surface area (Å²) in [5.41, 5.74) is 0. The van der Waals surface area contributed by atoms with Gasteiger partial charge in [0, 0.05) is 18.6 Å². The standard InChI is InChI=1S/C11H24N2/c1-4-7-12-10(2)9-13-8-5-6-11(13)3/h10-12H,4-9H2,1-3H3. The van der Waals surface area contributed by atoms with Crippen LogP contribution >= 0.6 is 0 Å². The summed E-state index contributed by atoms with van der Waals surface area (Å²) in [6.07, 6.45) is 4.02. The molecule has 0 radical (unpaired) electrons. The highest BCUT2D eigenvalue weighted by atomic mass is 15.2. The van der Waals surface area contributed by atoms with Gasteiger partial charge in [-0.3, -0.25) is 4.90 Å². The van der Waals surface area contributed by atoms with E-state index in [1.165, 1.54) is 32.4 Å². The van der Waals surface area contributed by atoms with E-state index in [-0.39, 0.29) is 0 Å². The van der Waals surface area contributed by atoms with E-state index in [0.717, 1.165) is 12.6 Å². The van der Waals surface area contributed by atoms with Crippen molar-refractivity contribution in [1.82, 2.24) is 10.2 Å². The lowest BCUT2D eigenvalue weighted by Crippen LogP contribution is -2.40. The second-order valence-electron chi connectivity index (χ2n) is 4.34. The first kappa shape index (κ1) is 11.0. The topological polar surface area (TPSA) is 15.3 Å². The van der Waals surface area contributed by atoms with E-state index in [2.05, 4.69) is 31.0 Å². The molecule has 0 aromatic carbocycles. The number of likely N-dealkylation sites (tertiary alicyclic amines) is 1. The third-order valence-electron chi connectivity index (χ3n) is 2.94. The first-order valence-electron chi connectivity index (χ1n) is 5.71. The fourth-order valence-corrected chi connectivity index (χ4v) is 2.07. The Morgan fingerprint density at radius 3 is 2.85 bits per heavy atom. The molecule has 2 heteroatoms. The van der Waals surface area contributed by atoms with E-state index < -0.39 is 0 Å². The Morgan fingerprint density at radius 1 is 1.54 bits per heavy atom. The van der Waals surface area contributed by atoms with Crippen molar-refractivity contribution in [3.05, 3.63) is 0 Å². The third-order valence-corrected chi connectivity index (χ3v) is 2.94. The molecule has 0 aliphatic carbocycles. The smallest absolute Gasteiger partial charge is 0.0166 e. The van der Waals surface area contributed by atoms with Gasteiger partial charge in [-0.1, -0.05) is 6.92 Å². The molecule has 1 N–H and O–H groups in total. The molecule has 1 fully saturated rings. The molecule has 0 amide bonds. The van der Waals surface area contributed by atoms with E-state index in [1.54, 1.807) is 0 Å². The Bertz CT molecular complexity index is 136. The summed E-state index contributed by atoms with van der Waals surface area (Å²) in [6, 6.07) is 1.46. The average molecular weight is 184 g/mol. The van der Waals surface area contributed by atoms with Crippen molar-refractivity contribution in [3.8, 4) is 0 Å². The van der Waals surface area contributed by atoms with E-state index in [0.29, 0.717) is 6.04 Å². The van der Waals surface area contributed by atoms with Gasteiger partial charge in [-0.25, -0.2) is 0 Å². The predicted octanol–water partition coefficient (Wildman–Crippen LogP) is 1.86. The first-order valence-corrected chi connectivity index (χ1v) is 5.71. The maximum absolute atomic E-state index is 3.54. The van der Waals surface area contributed by atoms with Gasteiger partial charge in [0.1, 0.15) is 0 Å². The summed E-state index contributed by atoms with van der Waals surface area (Å²) < 4.78 is 0. The highest BCUT2D eigenvalue weighted by molar-refractivity contribution is 4.78. The summed E-state index contributed by atoms with van der Waals surface area (Å²) in [4.78, 5) is 2.60. The highest BCUT2D eigenvalue weighted by Crippen LogP contribution is 2.16. The molecule has 0 aromatic heterocycles. The number of hydrogen-bond donors (Lipinski definition) is 1. The molecule has 0 bridgehead atoms. The number of nitrogens with one attached hydrogen (secondary N) is 1.